The first-order valence-electron chi connectivity index (χ1n) is 9.55. The number of carbonyl (C=O) groups excluding carboxylic acids is 1. The maximum atomic E-state index is 12.9. The van der Waals surface area contributed by atoms with Gasteiger partial charge in [0.2, 0.25) is 0 Å². The van der Waals surface area contributed by atoms with Crippen LogP contribution in [-0.4, -0.2) is 43.2 Å². The van der Waals surface area contributed by atoms with Gasteiger partial charge in [-0.15, -0.1) is 0 Å². The van der Waals surface area contributed by atoms with Gasteiger partial charge in [-0.05, 0) is 50.5 Å². The number of likely N-dealkylation sites (tertiary alicyclic amines) is 1. The summed E-state index contributed by atoms with van der Waals surface area (Å²) in [5.41, 5.74) is 6.68. The number of nitrogens with zero attached hydrogens (tertiary/aromatic N) is 1. The SMILES string of the molecule is COc1cc(N)c(Cl)cc1C(=O)N1CCC(OC2CCC(C)CC2)CC1. The number of anilines is 1. The predicted molar refractivity (Wildman–Crippen MR) is 104 cm³/mol. The molecule has 1 aliphatic carbocycles. The lowest BCUT2D eigenvalue weighted by atomic mass is 9.88. The Bertz CT molecular complexity index is 636. The second-order valence-electron chi connectivity index (χ2n) is 7.58. The smallest absolute Gasteiger partial charge is 0.257 e. The summed E-state index contributed by atoms with van der Waals surface area (Å²) < 4.78 is 11.6. The van der Waals surface area contributed by atoms with Gasteiger partial charge in [-0.2, -0.15) is 0 Å². The molecule has 2 N–H and O–H groups in total. The van der Waals surface area contributed by atoms with E-state index in [0.29, 0.717) is 41.2 Å². The van der Waals surface area contributed by atoms with Gasteiger partial charge < -0.3 is 20.1 Å². The molecule has 1 aromatic rings. The minimum Gasteiger partial charge on any atom is -0.496 e. The maximum absolute atomic E-state index is 12.9. The summed E-state index contributed by atoms with van der Waals surface area (Å²) in [5.74, 6) is 1.23. The Labute approximate surface area is 160 Å². The number of halogens is 1. The van der Waals surface area contributed by atoms with Gasteiger partial charge >= 0.3 is 0 Å². The molecule has 0 radical (unpaired) electrons. The van der Waals surface area contributed by atoms with Crippen LogP contribution in [0.3, 0.4) is 0 Å². The van der Waals surface area contributed by atoms with E-state index in [0.717, 1.165) is 18.8 Å². The third-order valence-corrected chi connectivity index (χ3v) is 5.95. The van der Waals surface area contributed by atoms with Gasteiger partial charge in [-0.25, -0.2) is 0 Å². The number of carbonyl (C=O) groups is 1. The molecule has 5 nitrogen and oxygen atoms in total. The molecule has 6 heteroatoms. The van der Waals surface area contributed by atoms with Crippen molar-refractivity contribution in [2.75, 3.05) is 25.9 Å². The number of hydrogen-bond acceptors (Lipinski definition) is 4. The average molecular weight is 381 g/mol. The first kappa shape index (κ1) is 19.3. The summed E-state index contributed by atoms with van der Waals surface area (Å²) in [7, 11) is 1.53. The van der Waals surface area contributed by atoms with Crippen LogP contribution in [0, 0.1) is 5.92 Å². The van der Waals surface area contributed by atoms with E-state index < -0.39 is 0 Å². The molecule has 144 valence electrons. The molecule has 0 bridgehead atoms. The molecule has 26 heavy (non-hydrogen) atoms. The molecular formula is C20H29ClN2O3. The van der Waals surface area contributed by atoms with Crippen molar-refractivity contribution in [3.63, 3.8) is 0 Å². The van der Waals surface area contributed by atoms with Gasteiger partial charge in [0.05, 0.1) is 35.6 Å². The van der Waals surface area contributed by atoms with Crippen molar-refractivity contribution < 1.29 is 14.3 Å². The topological polar surface area (TPSA) is 64.8 Å². The molecule has 3 rings (SSSR count). The maximum Gasteiger partial charge on any atom is 0.257 e. The molecule has 0 aromatic heterocycles. The first-order chi connectivity index (χ1) is 12.5. The quantitative estimate of drug-likeness (QED) is 0.797. The Hall–Kier alpha value is -1.46. The van der Waals surface area contributed by atoms with Crippen LogP contribution in [0.4, 0.5) is 5.69 Å². The molecule has 1 heterocycles. The standard InChI is InChI=1S/C20H29ClN2O3/c1-13-3-5-14(6-4-13)26-15-7-9-23(10-8-15)20(24)16-11-17(21)18(22)12-19(16)25-2/h11-15H,3-10,22H2,1-2H3. The van der Waals surface area contributed by atoms with Crippen molar-refractivity contribution in [3.05, 3.63) is 22.7 Å². The van der Waals surface area contributed by atoms with Crippen LogP contribution < -0.4 is 10.5 Å². The number of piperidine rings is 1. The number of nitrogen functional groups attached to an aromatic ring is 1. The van der Waals surface area contributed by atoms with E-state index in [-0.39, 0.29) is 12.0 Å². The minimum absolute atomic E-state index is 0.0614. The highest BCUT2D eigenvalue weighted by atomic mass is 35.5. The molecule has 1 saturated heterocycles. The van der Waals surface area contributed by atoms with Crippen LogP contribution in [0.2, 0.25) is 5.02 Å². The zero-order valence-electron chi connectivity index (χ0n) is 15.7. The van der Waals surface area contributed by atoms with E-state index in [1.165, 1.54) is 32.8 Å². The fourth-order valence-corrected chi connectivity index (χ4v) is 4.07. The second-order valence-corrected chi connectivity index (χ2v) is 7.99. The van der Waals surface area contributed by atoms with Crippen LogP contribution in [0.1, 0.15) is 55.8 Å². The van der Waals surface area contributed by atoms with Crippen molar-refractivity contribution in [1.29, 1.82) is 0 Å². The van der Waals surface area contributed by atoms with Crippen molar-refractivity contribution in [2.45, 2.75) is 57.7 Å². The Balaban J connectivity index is 1.56. The Morgan fingerprint density at radius 3 is 2.35 bits per heavy atom. The predicted octanol–water partition coefficient (Wildman–Crippen LogP) is 4.13. The van der Waals surface area contributed by atoms with E-state index in [1.807, 2.05) is 4.90 Å². The molecule has 2 aliphatic rings. The zero-order chi connectivity index (χ0) is 18.7. The van der Waals surface area contributed by atoms with Crippen molar-refractivity contribution in [3.8, 4) is 5.75 Å². The summed E-state index contributed by atoms with van der Waals surface area (Å²) in [5, 5.41) is 0.374. The summed E-state index contributed by atoms with van der Waals surface area (Å²) in [6, 6.07) is 3.21. The van der Waals surface area contributed by atoms with E-state index in [1.54, 1.807) is 12.1 Å². The van der Waals surface area contributed by atoms with E-state index in [2.05, 4.69) is 6.92 Å². The first-order valence-corrected chi connectivity index (χ1v) is 9.93. The van der Waals surface area contributed by atoms with Gasteiger partial charge in [-0.3, -0.25) is 4.79 Å². The van der Waals surface area contributed by atoms with Crippen LogP contribution in [0.25, 0.3) is 0 Å². The average Bonchev–Trinajstić information content (AvgIpc) is 2.65. The van der Waals surface area contributed by atoms with Crippen LogP contribution in [0.5, 0.6) is 5.75 Å². The highest BCUT2D eigenvalue weighted by molar-refractivity contribution is 6.33. The van der Waals surface area contributed by atoms with Crippen molar-refractivity contribution in [1.82, 2.24) is 4.90 Å². The van der Waals surface area contributed by atoms with Crippen LogP contribution in [0.15, 0.2) is 12.1 Å². The van der Waals surface area contributed by atoms with Gasteiger partial charge in [0.15, 0.2) is 0 Å². The zero-order valence-corrected chi connectivity index (χ0v) is 16.4. The number of methoxy groups -OCH3 is 1. The molecular weight excluding hydrogens is 352 g/mol. The van der Waals surface area contributed by atoms with Crippen LogP contribution in [-0.2, 0) is 4.74 Å². The number of hydrogen-bond donors (Lipinski definition) is 1. The number of benzene rings is 1. The Kier molecular flexibility index (Phi) is 6.30. The molecule has 1 aromatic carbocycles. The number of rotatable bonds is 4. The van der Waals surface area contributed by atoms with Gasteiger partial charge in [0.1, 0.15) is 5.75 Å². The number of amides is 1. The monoisotopic (exact) mass is 380 g/mol. The summed E-state index contributed by atoms with van der Waals surface area (Å²) in [6.45, 7) is 3.70. The van der Waals surface area contributed by atoms with Crippen molar-refractivity contribution >= 4 is 23.2 Å². The second kappa shape index (κ2) is 8.49. The lowest BCUT2D eigenvalue weighted by molar-refractivity contribution is -0.0570. The Morgan fingerprint density at radius 1 is 1.12 bits per heavy atom. The fraction of sp³-hybridized carbons (Fsp3) is 0.650. The molecule has 0 atom stereocenters. The summed E-state index contributed by atoms with van der Waals surface area (Å²) in [6.07, 6.45) is 7.28. The molecule has 1 amide bonds. The lowest BCUT2D eigenvalue weighted by Crippen LogP contribution is -2.42. The molecule has 1 aliphatic heterocycles. The number of ether oxygens (including phenoxy) is 2. The third-order valence-electron chi connectivity index (χ3n) is 5.63. The van der Waals surface area contributed by atoms with E-state index >= 15 is 0 Å². The van der Waals surface area contributed by atoms with E-state index in [4.69, 9.17) is 26.8 Å². The normalized spacial score (nSPS) is 24.5. The van der Waals surface area contributed by atoms with Crippen molar-refractivity contribution in [2.24, 2.45) is 5.92 Å². The van der Waals surface area contributed by atoms with Gasteiger partial charge in [-0.1, -0.05) is 18.5 Å². The largest absolute Gasteiger partial charge is 0.496 e. The molecule has 0 spiro atoms. The minimum atomic E-state index is -0.0614. The Morgan fingerprint density at radius 2 is 1.73 bits per heavy atom. The summed E-state index contributed by atoms with van der Waals surface area (Å²) in [4.78, 5) is 14.7. The molecule has 1 saturated carbocycles. The molecule has 0 unspecified atom stereocenters. The molecule has 2 fully saturated rings. The lowest BCUT2D eigenvalue weighted by Gasteiger charge is -2.36. The fourth-order valence-electron chi connectivity index (χ4n) is 3.91. The highest BCUT2D eigenvalue weighted by Gasteiger charge is 2.29. The van der Waals surface area contributed by atoms with E-state index in [9.17, 15) is 4.79 Å². The van der Waals surface area contributed by atoms with Crippen LogP contribution >= 0.6 is 11.6 Å². The highest BCUT2D eigenvalue weighted by Crippen LogP contribution is 2.31. The number of nitrogens with two attached hydrogens (primary N) is 1. The third kappa shape index (κ3) is 4.44. The van der Waals surface area contributed by atoms with Gasteiger partial charge in [0, 0.05) is 19.2 Å². The summed E-state index contributed by atoms with van der Waals surface area (Å²) >= 11 is 6.10. The van der Waals surface area contributed by atoms with Gasteiger partial charge in [0.25, 0.3) is 5.91 Å².